The third-order valence-electron chi connectivity index (χ3n) is 3.88. The quantitative estimate of drug-likeness (QED) is 0.457. The van der Waals surface area contributed by atoms with Crippen molar-refractivity contribution in [2.75, 3.05) is 6.61 Å². The number of esters is 1. The van der Waals surface area contributed by atoms with Gasteiger partial charge in [-0.05, 0) is 30.5 Å². The van der Waals surface area contributed by atoms with Crippen LogP contribution in [0.15, 0.2) is 18.2 Å². The Morgan fingerprint density at radius 1 is 0.920 bits per heavy atom. The molecule has 25 heavy (non-hydrogen) atoms. The molecular weight excluding hydrogens is 324 g/mol. The Balaban J connectivity index is 2.41. The van der Waals surface area contributed by atoms with Crippen LogP contribution in [0.3, 0.4) is 0 Å². The van der Waals surface area contributed by atoms with Gasteiger partial charge in [-0.1, -0.05) is 46.0 Å². The monoisotopic (exact) mass is 350 g/mol. The average Bonchev–Trinajstić information content (AvgIpc) is 2.55. The largest absolute Gasteiger partial charge is 0.478 e. The molecule has 0 atom stereocenters. The molecule has 0 saturated heterocycles. The maximum atomic E-state index is 11.9. The summed E-state index contributed by atoms with van der Waals surface area (Å²) < 4.78 is 5.13. The SMILES string of the molecule is CC(C)CCCCCCCOC(=O)c1ccc(C(=O)O)c(C(=O)O)c1. The normalized spacial score (nSPS) is 10.7. The smallest absolute Gasteiger partial charge is 0.338 e. The molecule has 0 spiro atoms. The van der Waals surface area contributed by atoms with E-state index in [1.807, 2.05) is 0 Å². The molecule has 1 aromatic carbocycles. The number of unbranched alkanes of at least 4 members (excludes halogenated alkanes) is 4. The standard InChI is InChI=1S/C19H26O6/c1-13(2)8-6-4-3-5-7-11-25-19(24)14-9-10-15(17(20)21)16(12-14)18(22)23/h9-10,12-13H,3-8,11H2,1-2H3,(H,20,21)(H,22,23). The molecule has 1 rings (SSSR count). The summed E-state index contributed by atoms with van der Waals surface area (Å²) in [7, 11) is 0. The zero-order chi connectivity index (χ0) is 18.8. The molecule has 2 N–H and O–H groups in total. The predicted molar refractivity (Wildman–Crippen MR) is 93.2 cm³/mol. The number of carboxylic acid groups (broad SMARTS) is 2. The van der Waals surface area contributed by atoms with E-state index in [1.54, 1.807) is 0 Å². The highest BCUT2D eigenvalue weighted by atomic mass is 16.5. The second kappa shape index (κ2) is 10.5. The van der Waals surface area contributed by atoms with E-state index >= 15 is 0 Å². The topological polar surface area (TPSA) is 101 Å². The van der Waals surface area contributed by atoms with Crippen LogP contribution in [0.25, 0.3) is 0 Å². The summed E-state index contributed by atoms with van der Waals surface area (Å²) in [4.78, 5) is 34.0. The summed E-state index contributed by atoms with van der Waals surface area (Å²) >= 11 is 0. The van der Waals surface area contributed by atoms with Gasteiger partial charge in [0.25, 0.3) is 0 Å². The molecule has 0 unspecified atom stereocenters. The number of rotatable bonds is 11. The highest BCUT2D eigenvalue weighted by Gasteiger charge is 2.19. The number of aromatic carboxylic acids is 2. The molecule has 0 amide bonds. The van der Waals surface area contributed by atoms with Crippen LogP contribution in [0.4, 0.5) is 0 Å². The van der Waals surface area contributed by atoms with Gasteiger partial charge in [0.15, 0.2) is 0 Å². The first-order valence-electron chi connectivity index (χ1n) is 8.60. The lowest BCUT2D eigenvalue weighted by Gasteiger charge is -2.07. The van der Waals surface area contributed by atoms with Crippen LogP contribution in [-0.4, -0.2) is 34.7 Å². The van der Waals surface area contributed by atoms with Crippen LogP contribution in [0, 0.1) is 5.92 Å². The Bertz CT molecular complexity index is 606. The minimum absolute atomic E-state index is 0.0410. The van der Waals surface area contributed by atoms with Gasteiger partial charge in [0.2, 0.25) is 0 Å². The summed E-state index contributed by atoms with van der Waals surface area (Å²) in [5.74, 6) is -2.66. The molecule has 0 aromatic heterocycles. The minimum Gasteiger partial charge on any atom is -0.478 e. The molecule has 0 heterocycles. The molecule has 138 valence electrons. The lowest BCUT2D eigenvalue weighted by molar-refractivity contribution is 0.0496. The molecule has 0 bridgehead atoms. The van der Waals surface area contributed by atoms with Crippen LogP contribution in [0.1, 0.15) is 83.4 Å². The maximum Gasteiger partial charge on any atom is 0.338 e. The van der Waals surface area contributed by atoms with E-state index in [0.29, 0.717) is 0 Å². The van der Waals surface area contributed by atoms with Crippen molar-refractivity contribution in [3.63, 3.8) is 0 Å². The second-order valence-corrected chi connectivity index (χ2v) is 6.46. The van der Waals surface area contributed by atoms with Gasteiger partial charge in [-0.3, -0.25) is 0 Å². The Hall–Kier alpha value is -2.37. The number of hydrogen-bond donors (Lipinski definition) is 2. The van der Waals surface area contributed by atoms with E-state index in [4.69, 9.17) is 14.9 Å². The molecule has 0 fully saturated rings. The van der Waals surface area contributed by atoms with Crippen LogP contribution in [0.5, 0.6) is 0 Å². The van der Waals surface area contributed by atoms with Crippen LogP contribution in [-0.2, 0) is 4.74 Å². The molecule has 0 aliphatic rings. The van der Waals surface area contributed by atoms with Crippen molar-refractivity contribution in [1.82, 2.24) is 0 Å². The van der Waals surface area contributed by atoms with Gasteiger partial charge in [-0.25, -0.2) is 14.4 Å². The molecule has 6 nitrogen and oxygen atoms in total. The third kappa shape index (κ3) is 7.37. The van der Waals surface area contributed by atoms with Gasteiger partial charge in [-0.2, -0.15) is 0 Å². The number of carbonyl (C=O) groups is 3. The first-order valence-corrected chi connectivity index (χ1v) is 8.60. The number of carbonyl (C=O) groups excluding carboxylic acids is 1. The zero-order valence-electron chi connectivity index (χ0n) is 14.8. The second-order valence-electron chi connectivity index (χ2n) is 6.46. The van der Waals surface area contributed by atoms with E-state index in [2.05, 4.69) is 13.8 Å². The number of ether oxygens (including phenoxy) is 1. The average molecular weight is 350 g/mol. The minimum atomic E-state index is -1.39. The van der Waals surface area contributed by atoms with Crippen LogP contribution in [0.2, 0.25) is 0 Å². The molecule has 1 aromatic rings. The van der Waals surface area contributed by atoms with Crippen molar-refractivity contribution < 1.29 is 29.3 Å². The van der Waals surface area contributed by atoms with Crippen molar-refractivity contribution in [1.29, 1.82) is 0 Å². The molecule has 0 radical (unpaired) electrons. The number of hydrogen-bond acceptors (Lipinski definition) is 4. The Labute approximate surface area is 147 Å². The highest BCUT2D eigenvalue weighted by Crippen LogP contribution is 2.14. The van der Waals surface area contributed by atoms with Crippen LogP contribution >= 0.6 is 0 Å². The highest BCUT2D eigenvalue weighted by molar-refractivity contribution is 6.03. The summed E-state index contributed by atoms with van der Waals surface area (Å²) in [5.41, 5.74) is -0.739. The van der Waals surface area contributed by atoms with Crippen molar-refractivity contribution in [3.05, 3.63) is 34.9 Å². The molecule has 0 aliphatic carbocycles. The Morgan fingerprint density at radius 3 is 2.12 bits per heavy atom. The lowest BCUT2D eigenvalue weighted by atomic mass is 10.0. The number of benzene rings is 1. The lowest BCUT2D eigenvalue weighted by Crippen LogP contribution is -2.12. The van der Waals surface area contributed by atoms with Crippen molar-refractivity contribution >= 4 is 17.9 Å². The molecule has 0 aliphatic heterocycles. The maximum absolute atomic E-state index is 11.9. The van der Waals surface area contributed by atoms with Gasteiger partial charge in [0.05, 0.1) is 23.3 Å². The van der Waals surface area contributed by atoms with Crippen molar-refractivity contribution in [3.8, 4) is 0 Å². The van der Waals surface area contributed by atoms with Gasteiger partial charge in [0, 0.05) is 0 Å². The van der Waals surface area contributed by atoms with Gasteiger partial charge in [0.1, 0.15) is 0 Å². The zero-order valence-corrected chi connectivity index (χ0v) is 14.8. The van der Waals surface area contributed by atoms with Gasteiger partial charge < -0.3 is 14.9 Å². The van der Waals surface area contributed by atoms with E-state index < -0.39 is 23.5 Å². The van der Waals surface area contributed by atoms with E-state index in [9.17, 15) is 14.4 Å². The first-order chi connectivity index (χ1) is 11.8. The first kappa shape index (κ1) is 20.7. The predicted octanol–water partition coefficient (Wildman–Crippen LogP) is 4.24. The summed E-state index contributed by atoms with van der Waals surface area (Å²) in [6.45, 7) is 4.68. The van der Waals surface area contributed by atoms with Crippen molar-refractivity contribution in [2.45, 2.75) is 52.4 Å². The fraction of sp³-hybridized carbons (Fsp3) is 0.526. The molecular formula is C19H26O6. The molecule has 6 heteroatoms. The summed E-state index contributed by atoms with van der Waals surface area (Å²) in [6.07, 6.45) is 6.44. The van der Waals surface area contributed by atoms with Gasteiger partial charge in [-0.15, -0.1) is 0 Å². The molecule has 0 saturated carbocycles. The van der Waals surface area contributed by atoms with E-state index in [0.717, 1.165) is 37.3 Å². The Morgan fingerprint density at radius 2 is 1.52 bits per heavy atom. The fourth-order valence-corrected chi connectivity index (χ4v) is 2.47. The number of carboxylic acids is 2. The van der Waals surface area contributed by atoms with Crippen molar-refractivity contribution in [2.24, 2.45) is 5.92 Å². The van der Waals surface area contributed by atoms with Crippen LogP contribution < -0.4 is 0 Å². The fourth-order valence-electron chi connectivity index (χ4n) is 2.47. The Kier molecular flexibility index (Phi) is 8.67. The summed E-state index contributed by atoms with van der Waals surface area (Å²) in [5, 5.41) is 18.0. The third-order valence-corrected chi connectivity index (χ3v) is 3.88. The summed E-state index contributed by atoms with van der Waals surface area (Å²) in [6, 6.07) is 3.42. The van der Waals surface area contributed by atoms with E-state index in [1.165, 1.54) is 25.3 Å². The van der Waals surface area contributed by atoms with E-state index in [-0.39, 0.29) is 17.7 Å². The van der Waals surface area contributed by atoms with Gasteiger partial charge >= 0.3 is 17.9 Å².